The third-order valence-electron chi connectivity index (χ3n) is 2.31. The van der Waals surface area contributed by atoms with E-state index in [0.29, 0.717) is 0 Å². The second-order valence-electron chi connectivity index (χ2n) is 3.61. The summed E-state index contributed by atoms with van der Waals surface area (Å²) < 4.78 is 61.8. The van der Waals surface area contributed by atoms with E-state index in [1.807, 2.05) is 0 Å². The molecule has 8 heteroatoms. The Bertz CT molecular complexity index is 499. The van der Waals surface area contributed by atoms with Crippen molar-refractivity contribution in [2.24, 2.45) is 5.73 Å². The molecule has 0 fully saturated rings. The average Bonchev–Trinajstić information content (AvgIpc) is 2.24. The largest absolute Gasteiger partial charge is 0.405 e. The summed E-state index contributed by atoms with van der Waals surface area (Å²) in [5, 5.41) is -2.24. The molecule has 18 heavy (non-hydrogen) atoms. The third-order valence-corrected chi connectivity index (χ3v) is 4.74. The van der Waals surface area contributed by atoms with Crippen LogP contribution >= 0.6 is 11.6 Å². The molecule has 2 N–H and O–H groups in total. The van der Waals surface area contributed by atoms with Crippen LogP contribution in [0, 0.1) is 0 Å². The van der Waals surface area contributed by atoms with Crippen molar-refractivity contribution in [2.45, 2.75) is 22.7 Å². The number of hydrogen-bond acceptors (Lipinski definition) is 3. The SMILES string of the molecule is NCCC(C(F)(F)F)S(=O)(=O)c1ccc(Cl)cc1. The zero-order valence-corrected chi connectivity index (χ0v) is 10.7. The molecule has 1 atom stereocenters. The molecule has 0 amide bonds. The minimum atomic E-state index is -4.85. The maximum atomic E-state index is 12.7. The van der Waals surface area contributed by atoms with Crippen molar-refractivity contribution in [3.8, 4) is 0 Å². The van der Waals surface area contributed by atoms with Gasteiger partial charge in [-0.15, -0.1) is 0 Å². The molecule has 0 aliphatic heterocycles. The van der Waals surface area contributed by atoms with E-state index in [1.54, 1.807) is 0 Å². The Hall–Kier alpha value is -0.790. The Kier molecular flexibility index (Phi) is 4.63. The minimum Gasteiger partial charge on any atom is -0.330 e. The monoisotopic (exact) mass is 301 g/mol. The van der Waals surface area contributed by atoms with E-state index >= 15 is 0 Å². The van der Waals surface area contributed by atoms with Gasteiger partial charge >= 0.3 is 6.18 Å². The molecule has 0 aliphatic rings. The smallest absolute Gasteiger partial charge is 0.330 e. The third kappa shape index (κ3) is 3.37. The molecule has 1 rings (SSSR count). The maximum Gasteiger partial charge on any atom is 0.405 e. The van der Waals surface area contributed by atoms with Crippen LogP contribution < -0.4 is 5.73 Å². The van der Waals surface area contributed by atoms with Crippen LogP contribution in [0.2, 0.25) is 5.02 Å². The highest BCUT2D eigenvalue weighted by Gasteiger charge is 2.48. The van der Waals surface area contributed by atoms with Crippen molar-refractivity contribution in [2.75, 3.05) is 6.54 Å². The van der Waals surface area contributed by atoms with Crippen molar-refractivity contribution in [3.05, 3.63) is 29.3 Å². The standard InChI is InChI=1S/C10H11ClF3NO2S/c11-7-1-3-8(4-2-7)18(16,17)9(5-6-15)10(12,13)14/h1-4,9H,5-6,15H2. The first-order valence-electron chi connectivity index (χ1n) is 4.96. The molecule has 0 heterocycles. The number of benzene rings is 1. The highest BCUT2D eigenvalue weighted by Crippen LogP contribution is 2.32. The summed E-state index contributed by atoms with van der Waals surface area (Å²) in [5.41, 5.74) is 5.04. The summed E-state index contributed by atoms with van der Waals surface area (Å²) in [5.74, 6) is 0. The van der Waals surface area contributed by atoms with Gasteiger partial charge in [0.15, 0.2) is 15.1 Å². The van der Waals surface area contributed by atoms with E-state index in [4.69, 9.17) is 17.3 Å². The Labute approximate surface area is 108 Å². The molecule has 0 spiro atoms. The average molecular weight is 302 g/mol. The summed E-state index contributed by atoms with van der Waals surface area (Å²) >= 11 is 5.56. The van der Waals surface area contributed by atoms with Crippen molar-refractivity contribution in [1.82, 2.24) is 0 Å². The van der Waals surface area contributed by atoms with Crippen LogP contribution in [-0.2, 0) is 9.84 Å². The number of nitrogens with two attached hydrogens (primary N) is 1. The maximum absolute atomic E-state index is 12.7. The van der Waals surface area contributed by atoms with E-state index in [-0.39, 0.29) is 11.6 Å². The summed E-state index contributed by atoms with van der Waals surface area (Å²) in [7, 11) is -4.50. The van der Waals surface area contributed by atoms with Gasteiger partial charge in [0.2, 0.25) is 0 Å². The van der Waals surface area contributed by atoms with Gasteiger partial charge in [-0.2, -0.15) is 13.2 Å². The summed E-state index contributed by atoms with van der Waals surface area (Å²) in [6.45, 7) is -0.364. The Morgan fingerprint density at radius 2 is 1.72 bits per heavy atom. The van der Waals surface area contributed by atoms with Crippen LogP contribution in [0.15, 0.2) is 29.2 Å². The highest BCUT2D eigenvalue weighted by molar-refractivity contribution is 7.92. The highest BCUT2D eigenvalue weighted by atomic mass is 35.5. The molecule has 0 radical (unpaired) electrons. The second kappa shape index (κ2) is 5.46. The van der Waals surface area contributed by atoms with Crippen LogP contribution in [0.25, 0.3) is 0 Å². The molecular weight excluding hydrogens is 291 g/mol. The predicted octanol–water partition coefficient (Wildman–Crippen LogP) is 2.39. The second-order valence-corrected chi connectivity index (χ2v) is 6.17. The van der Waals surface area contributed by atoms with Crippen LogP contribution in [0.4, 0.5) is 13.2 Å². The van der Waals surface area contributed by atoms with Gasteiger partial charge in [-0.3, -0.25) is 0 Å². The van der Waals surface area contributed by atoms with E-state index in [2.05, 4.69) is 0 Å². The van der Waals surface area contributed by atoms with Gasteiger partial charge in [-0.1, -0.05) is 11.6 Å². The van der Waals surface area contributed by atoms with Crippen LogP contribution in [-0.4, -0.2) is 26.4 Å². The van der Waals surface area contributed by atoms with E-state index in [9.17, 15) is 21.6 Å². The Balaban J connectivity index is 3.21. The number of rotatable bonds is 4. The lowest BCUT2D eigenvalue weighted by atomic mass is 10.3. The minimum absolute atomic E-state index is 0.247. The number of alkyl halides is 3. The molecular formula is C10H11ClF3NO2S. The molecule has 3 nitrogen and oxygen atoms in total. The number of halogens is 4. The van der Waals surface area contributed by atoms with Crippen LogP contribution in [0.1, 0.15) is 6.42 Å². The lowest BCUT2D eigenvalue weighted by molar-refractivity contribution is -0.131. The van der Waals surface area contributed by atoms with Gasteiger partial charge in [0.1, 0.15) is 0 Å². The summed E-state index contributed by atoms with van der Waals surface area (Å²) in [6.07, 6.45) is -5.52. The van der Waals surface area contributed by atoms with Crippen molar-refractivity contribution >= 4 is 21.4 Å². The van der Waals surface area contributed by atoms with Gasteiger partial charge in [0.25, 0.3) is 0 Å². The molecule has 0 bridgehead atoms. The molecule has 1 unspecified atom stereocenters. The fourth-order valence-electron chi connectivity index (χ4n) is 1.43. The molecule has 0 saturated heterocycles. The van der Waals surface area contributed by atoms with Crippen molar-refractivity contribution in [1.29, 1.82) is 0 Å². The van der Waals surface area contributed by atoms with E-state index in [0.717, 1.165) is 12.1 Å². The topological polar surface area (TPSA) is 60.2 Å². The first-order chi connectivity index (χ1) is 8.19. The van der Waals surface area contributed by atoms with Gasteiger partial charge in [-0.25, -0.2) is 8.42 Å². The van der Waals surface area contributed by atoms with Crippen molar-refractivity contribution in [3.63, 3.8) is 0 Å². The zero-order valence-electron chi connectivity index (χ0n) is 9.11. The van der Waals surface area contributed by atoms with Gasteiger partial charge in [0, 0.05) is 5.02 Å². The van der Waals surface area contributed by atoms with Crippen molar-refractivity contribution < 1.29 is 21.6 Å². The normalized spacial score (nSPS) is 14.5. The fourth-order valence-corrected chi connectivity index (χ4v) is 3.20. The fraction of sp³-hybridized carbons (Fsp3) is 0.400. The summed E-state index contributed by atoms with van der Waals surface area (Å²) in [6, 6.07) is 4.55. The molecule has 102 valence electrons. The van der Waals surface area contributed by atoms with E-state index in [1.165, 1.54) is 12.1 Å². The molecule has 1 aromatic rings. The van der Waals surface area contributed by atoms with E-state index < -0.39 is 32.6 Å². The molecule has 1 aromatic carbocycles. The zero-order chi connectivity index (χ0) is 14.0. The van der Waals surface area contributed by atoms with Gasteiger partial charge in [-0.05, 0) is 37.2 Å². The molecule has 0 aliphatic carbocycles. The molecule has 0 aromatic heterocycles. The summed E-state index contributed by atoms with van der Waals surface area (Å²) in [4.78, 5) is -0.414. The van der Waals surface area contributed by atoms with Crippen LogP contribution in [0.5, 0.6) is 0 Å². The predicted molar refractivity (Wildman–Crippen MR) is 62.2 cm³/mol. The van der Waals surface area contributed by atoms with Gasteiger partial charge < -0.3 is 5.73 Å². The first kappa shape index (κ1) is 15.3. The Morgan fingerprint density at radius 3 is 2.11 bits per heavy atom. The van der Waals surface area contributed by atoms with Crippen LogP contribution in [0.3, 0.4) is 0 Å². The lowest BCUT2D eigenvalue weighted by Crippen LogP contribution is -2.38. The number of hydrogen-bond donors (Lipinski definition) is 1. The number of sulfone groups is 1. The quantitative estimate of drug-likeness (QED) is 0.929. The molecule has 0 saturated carbocycles. The Morgan fingerprint density at radius 1 is 1.22 bits per heavy atom. The van der Waals surface area contributed by atoms with Gasteiger partial charge in [0.05, 0.1) is 4.90 Å². The first-order valence-corrected chi connectivity index (χ1v) is 6.88. The lowest BCUT2D eigenvalue weighted by Gasteiger charge is -2.20.